The Morgan fingerprint density at radius 3 is 2.42 bits per heavy atom. The minimum absolute atomic E-state index is 0.0575. The van der Waals surface area contributed by atoms with Gasteiger partial charge < -0.3 is 9.84 Å². The zero-order valence-electron chi connectivity index (χ0n) is 15.3. The number of hydrogen-bond acceptors (Lipinski definition) is 4. The van der Waals surface area contributed by atoms with Crippen molar-refractivity contribution in [2.45, 2.75) is 37.7 Å². The van der Waals surface area contributed by atoms with Crippen molar-refractivity contribution in [3.63, 3.8) is 0 Å². The Morgan fingerprint density at radius 1 is 1.15 bits per heavy atom. The Hall–Kier alpha value is -1.73. The molecule has 0 aliphatic carbocycles. The highest BCUT2D eigenvalue weighted by molar-refractivity contribution is 7.90. The quantitative estimate of drug-likeness (QED) is 0.842. The molecule has 0 bridgehead atoms. The highest BCUT2D eigenvalue weighted by atomic mass is 32.2. The topological polar surface area (TPSA) is 75.6 Å². The van der Waals surface area contributed by atoms with E-state index in [0.717, 1.165) is 11.1 Å². The van der Waals surface area contributed by atoms with Gasteiger partial charge in [-0.3, -0.25) is 0 Å². The molecule has 3 rings (SSSR count). The second-order valence-corrected chi connectivity index (χ2v) is 9.36. The van der Waals surface area contributed by atoms with E-state index in [0.29, 0.717) is 5.56 Å². The summed E-state index contributed by atoms with van der Waals surface area (Å²) in [6, 6.07) is 15.0. The van der Waals surface area contributed by atoms with Gasteiger partial charge >= 0.3 is 0 Å². The van der Waals surface area contributed by atoms with Crippen molar-refractivity contribution < 1.29 is 18.3 Å². The molecule has 6 heteroatoms. The van der Waals surface area contributed by atoms with E-state index in [9.17, 15) is 13.5 Å². The fourth-order valence-electron chi connectivity index (χ4n) is 3.16. The maximum Gasteiger partial charge on any atom is 0.214 e. The van der Waals surface area contributed by atoms with Gasteiger partial charge in [0, 0.05) is 0 Å². The number of aliphatic hydroxyl groups is 1. The van der Waals surface area contributed by atoms with Gasteiger partial charge in [0.05, 0.1) is 24.5 Å². The van der Waals surface area contributed by atoms with Crippen molar-refractivity contribution in [3.8, 4) is 11.1 Å². The molecule has 0 aromatic heterocycles. The molecule has 1 heterocycles. The van der Waals surface area contributed by atoms with Gasteiger partial charge in [0.15, 0.2) is 0 Å². The molecule has 1 saturated heterocycles. The molecule has 2 unspecified atom stereocenters. The van der Waals surface area contributed by atoms with Gasteiger partial charge in [-0.1, -0.05) is 48.5 Å². The Labute approximate surface area is 155 Å². The van der Waals surface area contributed by atoms with Gasteiger partial charge in [-0.05, 0) is 43.0 Å². The second kappa shape index (κ2) is 7.12. The molecule has 0 radical (unpaired) electrons. The van der Waals surface area contributed by atoms with E-state index >= 15 is 0 Å². The summed E-state index contributed by atoms with van der Waals surface area (Å²) in [7, 11) is -3.51. The lowest BCUT2D eigenvalue weighted by Gasteiger charge is -2.29. The van der Waals surface area contributed by atoms with Crippen molar-refractivity contribution in [1.29, 1.82) is 0 Å². The van der Waals surface area contributed by atoms with E-state index in [1.165, 1.54) is 5.56 Å². The first kappa shape index (κ1) is 19.0. The Bertz CT molecular complexity index is 877. The summed E-state index contributed by atoms with van der Waals surface area (Å²) >= 11 is 0. The monoisotopic (exact) mass is 375 g/mol. The number of ether oxygens (including phenoxy) is 1. The van der Waals surface area contributed by atoms with Crippen LogP contribution in [0.4, 0.5) is 0 Å². The van der Waals surface area contributed by atoms with E-state index in [4.69, 9.17) is 4.74 Å². The summed E-state index contributed by atoms with van der Waals surface area (Å²) < 4.78 is 32.4. The number of nitrogens with one attached hydrogen (secondary N) is 1. The van der Waals surface area contributed by atoms with Crippen LogP contribution in [0.1, 0.15) is 25.0 Å². The highest BCUT2D eigenvalue weighted by Crippen LogP contribution is 2.33. The van der Waals surface area contributed by atoms with Gasteiger partial charge in [-0.15, -0.1) is 0 Å². The second-order valence-electron chi connectivity index (χ2n) is 7.10. The molecule has 26 heavy (non-hydrogen) atoms. The van der Waals surface area contributed by atoms with Crippen LogP contribution >= 0.6 is 0 Å². The van der Waals surface area contributed by atoms with Crippen LogP contribution in [0.2, 0.25) is 0 Å². The smallest absolute Gasteiger partial charge is 0.214 e. The SMILES string of the molecule is Cc1ccccc1-c1ccc(C2(O)COCC2NS(=O)(=O)C(C)C)cc1. The Balaban J connectivity index is 1.89. The van der Waals surface area contributed by atoms with E-state index in [2.05, 4.69) is 23.8 Å². The summed E-state index contributed by atoms with van der Waals surface area (Å²) in [6.45, 7) is 5.46. The molecule has 1 fully saturated rings. The normalized spacial score (nSPS) is 23.5. The van der Waals surface area contributed by atoms with Crippen molar-refractivity contribution >= 4 is 10.0 Å². The van der Waals surface area contributed by atoms with Crippen LogP contribution < -0.4 is 4.72 Å². The molecule has 1 aliphatic heterocycles. The first-order chi connectivity index (χ1) is 12.2. The van der Waals surface area contributed by atoms with Crippen molar-refractivity contribution in [3.05, 3.63) is 59.7 Å². The molecular weight excluding hydrogens is 350 g/mol. The number of aryl methyl sites for hydroxylation is 1. The van der Waals surface area contributed by atoms with Crippen LogP contribution in [0, 0.1) is 6.92 Å². The maximum absolute atomic E-state index is 12.2. The maximum atomic E-state index is 12.2. The molecule has 140 valence electrons. The van der Waals surface area contributed by atoms with E-state index in [1.807, 2.05) is 36.4 Å². The molecule has 1 aliphatic rings. The summed E-state index contributed by atoms with van der Waals surface area (Å²) in [4.78, 5) is 0. The third-order valence-corrected chi connectivity index (χ3v) is 6.81. The molecular formula is C20H25NO4S. The molecule has 0 spiro atoms. The first-order valence-electron chi connectivity index (χ1n) is 8.72. The number of benzene rings is 2. The number of hydrogen-bond donors (Lipinski definition) is 2. The summed E-state index contributed by atoms with van der Waals surface area (Å²) in [5.74, 6) is 0. The standard InChI is InChI=1S/C20H25NO4S/c1-14(2)26(23,24)21-19-12-25-13-20(19,22)17-10-8-16(9-11-17)18-7-5-4-6-15(18)3/h4-11,14,19,21-22H,12-13H2,1-3H3. The van der Waals surface area contributed by atoms with Crippen LogP contribution in [0.15, 0.2) is 48.5 Å². The highest BCUT2D eigenvalue weighted by Gasteiger charge is 2.46. The average Bonchev–Trinajstić information content (AvgIpc) is 2.96. The lowest BCUT2D eigenvalue weighted by molar-refractivity contribution is 0.0121. The number of sulfonamides is 1. The van der Waals surface area contributed by atoms with Gasteiger partial charge in [0.2, 0.25) is 10.0 Å². The zero-order chi connectivity index (χ0) is 18.9. The van der Waals surface area contributed by atoms with Crippen LogP contribution in [-0.2, 0) is 20.4 Å². The van der Waals surface area contributed by atoms with Gasteiger partial charge in [0.25, 0.3) is 0 Å². The zero-order valence-corrected chi connectivity index (χ0v) is 16.1. The van der Waals surface area contributed by atoms with Crippen LogP contribution in [-0.4, -0.2) is 38.0 Å². The van der Waals surface area contributed by atoms with Crippen molar-refractivity contribution in [1.82, 2.24) is 4.72 Å². The molecule has 2 atom stereocenters. The van der Waals surface area contributed by atoms with Crippen LogP contribution in [0.3, 0.4) is 0 Å². The molecule has 0 amide bonds. The van der Waals surface area contributed by atoms with E-state index in [-0.39, 0.29) is 13.2 Å². The third kappa shape index (κ3) is 3.55. The van der Waals surface area contributed by atoms with E-state index in [1.54, 1.807) is 13.8 Å². The van der Waals surface area contributed by atoms with Gasteiger partial charge in [0.1, 0.15) is 5.60 Å². The molecule has 5 nitrogen and oxygen atoms in total. The molecule has 2 N–H and O–H groups in total. The van der Waals surface area contributed by atoms with E-state index < -0.39 is 26.9 Å². The summed E-state index contributed by atoms with van der Waals surface area (Å²) in [6.07, 6.45) is 0. The molecule has 2 aromatic rings. The van der Waals surface area contributed by atoms with Gasteiger partial charge in [-0.2, -0.15) is 0 Å². The largest absolute Gasteiger partial charge is 0.381 e. The molecule has 2 aromatic carbocycles. The summed E-state index contributed by atoms with van der Waals surface area (Å²) in [5.41, 5.74) is 2.61. The Morgan fingerprint density at radius 2 is 1.81 bits per heavy atom. The predicted molar refractivity (Wildman–Crippen MR) is 102 cm³/mol. The van der Waals surface area contributed by atoms with Crippen molar-refractivity contribution in [2.75, 3.05) is 13.2 Å². The van der Waals surface area contributed by atoms with Crippen LogP contribution in [0.5, 0.6) is 0 Å². The van der Waals surface area contributed by atoms with Crippen molar-refractivity contribution in [2.24, 2.45) is 0 Å². The average molecular weight is 375 g/mol. The van der Waals surface area contributed by atoms with Gasteiger partial charge in [-0.25, -0.2) is 13.1 Å². The lowest BCUT2D eigenvalue weighted by atomic mass is 9.88. The lowest BCUT2D eigenvalue weighted by Crippen LogP contribution is -2.51. The third-order valence-electron chi connectivity index (χ3n) is 4.95. The Kier molecular flexibility index (Phi) is 5.21. The minimum atomic E-state index is -3.51. The minimum Gasteiger partial charge on any atom is -0.381 e. The fraction of sp³-hybridized carbons (Fsp3) is 0.400. The summed E-state index contributed by atoms with van der Waals surface area (Å²) in [5, 5.41) is 10.6. The van der Waals surface area contributed by atoms with Crippen LogP contribution in [0.25, 0.3) is 11.1 Å². The number of rotatable bonds is 5. The molecule has 0 saturated carbocycles. The predicted octanol–water partition coefficient (Wildman–Crippen LogP) is 2.58. The first-order valence-corrected chi connectivity index (χ1v) is 10.3. The fourth-order valence-corrected chi connectivity index (χ4v) is 4.09.